The van der Waals surface area contributed by atoms with Gasteiger partial charge in [0.2, 0.25) is 5.28 Å². The van der Waals surface area contributed by atoms with Crippen molar-refractivity contribution in [3.63, 3.8) is 0 Å². The van der Waals surface area contributed by atoms with E-state index < -0.39 is 0 Å². The molecule has 0 spiro atoms. The lowest BCUT2D eigenvalue weighted by molar-refractivity contribution is 0.372. The van der Waals surface area contributed by atoms with Crippen LogP contribution in [0.25, 0.3) is 10.2 Å². The van der Waals surface area contributed by atoms with Crippen molar-refractivity contribution in [3.05, 3.63) is 16.2 Å². The highest BCUT2D eigenvalue weighted by atomic mass is 35.5. The maximum absolute atomic E-state index is 6.09. The van der Waals surface area contributed by atoms with E-state index in [1.54, 1.807) is 11.3 Å². The molecule has 0 saturated heterocycles. The first kappa shape index (κ1) is 15.5. The van der Waals surface area contributed by atoms with Gasteiger partial charge in [0.25, 0.3) is 0 Å². The van der Waals surface area contributed by atoms with Crippen molar-refractivity contribution in [1.29, 1.82) is 0 Å². The average molecular weight is 313 g/mol. The third-order valence-corrected chi connectivity index (χ3v) is 4.36. The van der Waals surface area contributed by atoms with Crippen LogP contribution in [0.2, 0.25) is 5.28 Å². The van der Waals surface area contributed by atoms with Gasteiger partial charge >= 0.3 is 0 Å². The Morgan fingerprint density at radius 1 is 1.35 bits per heavy atom. The molecule has 2 aromatic rings. The lowest BCUT2D eigenvalue weighted by Gasteiger charge is -2.31. The van der Waals surface area contributed by atoms with Crippen LogP contribution in [-0.2, 0) is 0 Å². The van der Waals surface area contributed by atoms with Gasteiger partial charge in [-0.2, -0.15) is 4.98 Å². The van der Waals surface area contributed by atoms with E-state index in [0.29, 0.717) is 11.3 Å². The molecule has 6 heteroatoms. The summed E-state index contributed by atoms with van der Waals surface area (Å²) in [7, 11) is 4.17. The van der Waals surface area contributed by atoms with Crippen LogP contribution in [0, 0.1) is 6.92 Å². The first-order valence-corrected chi connectivity index (χ1v) is 7.96. The van der Waals surface area contributed by atoms with E-state index in [2.05, 4.69) is 60.7 Å². The van der Waals surface area contributed by atoms with Crippen molar-refractivity contribution >= 4 is 39.0 Å². The maximum atomic E-state index is 6.09. The number of rotatable bonds is 5. The standard InChI is InChI=1S/C14H21ClN4S/c1-6-19(9(2)8-18(4)5)12-11-7-10(3)20-13(11)17-14(15)16-12/h7,9H,6,8H2,1-5H3. The third-order valence-electron chi connectivity index (χ3n) is 3.24. The molecule has 2 heterocycles. The molecule has 0 aliphatic heterocycles. The highest BCUT2D eigenvalue weighted by Crippen LogP contribution is 2.32. The molecule has 1 unspecified atom stereocenters. The molecular formula is C14H21ClN4S. The lowest BCUT2D eigenvalue weighted by atomic mass is 10.2. The summed E-state index contributed by atoms with van der Waals surface area (Å²) in [5.74, 6) is 0.946. The minimum Gasteiger partial charge on any atom is -0.352 e. The van der Waals surface area contributed by atoms with Gasteiger partial charge in [-0.05, 0) is 52.5 Å². The van der Waals surface area contributed by atoms with Crippen molar-refractivity contribution in [3.8, 4) is 0 Å². The van der Waals surface area contributed by atoms with E-state index in [4.69, 9.17) is 11.6 Å². The SMILES string of the molecule is CCN(c1nc(Cl)nc2sc(C)cc12)C(C)CN(C)C. The van der Waals surface area contributed by atoms with Gasteiger partial charge in [0.15, 0.2) is 0 Å². The van der Waals surface area contributed by atoms with E-state index in [0.717, 1.165) is 29.1 Å². The molecule has 0 radical (unpaired) electrons. The highest BCUT2D eigenvalue weighted by Gasteiger charge is 2.19. The summed E-state index contributed by atoms with van der Waals surface area (Å²) in [5.41, 5.74) is 0. The normalized spacial score (nSPS) is 13.2. The fourth-order valence-corrected chi connectivity index (χ4v) is 3.61. The second-order valence-electron chi connectivity index (χ2n) is 5.29. The molecule has 20 heavy (non-hydrogen) atoms. The summed E-state index contributed by atoms with van der Waals surface area (Å²) in [4.78, 5) is 15.5. The minimum atomic E-state index is 0.324. The van der Waals surface area contributed by atoms with E-state index in [1.807, 2.05) is 0 Å². The molecule has 0 aromatic carbocycles. The summed E-state index contributed by atoms with van der Waals surface area (Å²) in [5, 5.41) is 1.43. The Kier molecular flexibility index (Phi) is 4.83. The van der Waals surface area contributed by atoms with Gasteiger partial charge in [-0.25, -0.2) is 4.98 Å². The van der Waals surface area contributed by atoms with Gasteiger partial charge in [0.1, 0.15) is 10.6 Å². The van der Waals surface area contributed by atoms with Crippen LogP contribution in [0.1, 0.15) is 18.7 Å². The van der Waals surface area contributed by atoms with Crippen LogP contribution < -0.4 is 4.90 Å². The van der Waals surface area contributed by atoms with Crippen molar-refractivity contribution < 1.29 is 0 Å². The first-order valence-electron chi connectivity index (χ1n) is 6.77. The largest absolute Gasteiger partial charge is 0.352 e. The number of likely N-dealkylation sites (N-methyl/N-ethyl adjacent to an activating group) is 2. The van der Waals surface area contributed by atoms with Crippen molar-refractivity contribution in [1.82, 2.24) is 14.9 Å². The summed E-state index contributed by atoms with van der Waals surface area (Å²) >= 11 is 7.75. The van der Waals surface area contributed by atoms with E-state index in [-0.39, 0.29) is 0 Å². The van der Waals surface area contributed by atoms with Gasteiger partial charge in [-0.1, -0.05) is 0 Å². The Bertz CT molecular complexity index is 596. The summed E-state index contributed by atoms with van der Waals surface area (Å²) in [6.07, 6.45) is 0. The zero-order chi connectivity index (χ0) is 14.9. The van der Waals surface area contributed by atoms with Crippen LogP contribution in [-0.4, -0.2) is 48.1 Å². The maximum Gasteiger partial charge on any atom is 0.225 e. The molecule has 0 saturated carbocycles. The Morgan fingerprint density at radius 3 is 2.65 bits per heavy atom. The van der Waals surface area contributed by atoms with E-state index in [9.17, 15) is 0 Å². The van der Waals surface area contributed by atoms with Gasteiger partial charge in [0, 0.05) is 24.0 Å². The van der Waals surface area contributed by atoms with Crippen LogP contribution >= 0.6 is 22.9 Å². The highest BCUT2D eigenvalue weighted by molar-refractivity contribution is 7.18. The molecule has 0 fully saturated rings. The zero-order valence-electron chi connectivity index (χ0n) is 12.6. The Hall–Kier alpha value is -0.910. The molecule has 0 aliphatic rings. The molecule has 1 atom stereocenters. The number of anilines is 1. The molecule has 0 amide bonds. The quantitative estimate of drug-likeness (QED) is 0.792. The molecule has 0 aliphatic carbocycles. The summed E-state index contributed by atoms with van der Waals surface area (Å²) in [6, 6.07) is 2.51. The number of aryl methyl sites for hydroxylation is 1. The van der Waals surface area contributed by atoms with Crippen LogP contribution in [0.5, 0.6) is 0 Å². The second kappa shape index (κ2) is 6.24. The third kappa shape index (κ3) is 3.22. The molecular weight excluding hydrogens is 292 g/mol. The van der Waals surface area contributed by atoms with Crippen LogP contribution in [0.4, 0.5) is 5.82 Å². The Balaban J connectivity index is 2.48. The van der Waals surface area contributed by atoms with E-state index in [1.165, 1.54) is 4.88 Å². The second-order valence-corrected chi connectivity index (χ2v) is 6.86. The first-order chi connectivity index (χ1) is 9.42. The number of fused-ring (bicyclic) bond motifs is 1. The predicted molar refractivity (Wildman–Crippen MR) is 88.2 cm³/mol. The molecule has 2 rings (SSSR count). The van der Waals surface area contributed by atoms with Crippen molar-refractivity contribution in [2.45, 2.75) is 26.8 Å². The number of halogens is 1. The van der Waals surface area contributed by atoms with Crippen molar-refractivity contribution in [2.24, 2.45) is 0 Å². The number of nitrogens with zero attached hydrogens (tertiary/aromatic N) is 4. The Morgan fingerprint density at radius 2 is 2.05 bits per heavy atom. The number of aromatic nitrogens is 2. The minimum absolute atomic E-state index is 0.324. The van der Waals surface area contributed by atoms with Gasteiger partial charge < -0.3 is 9.80 Å². The van der Waals surface area contributed by atoms with Crippen LogP contribution in [0.3, 0.4) is 0 Å². The lowest BCUT2D eigenvalue weighted by Crippen LogP contribution is -2.40. The summed E-state index contributed by atoms with van der Waals surface area (Å²) in [6.45, 7) is 8.31. The predicted octanol–water partition coefficient (Wildman–Crippen LogP) is 3.43. The monoisotopic (exact) mass is 312 g/mol. The van der Waals surface area contributed by atoms with Gasteiger partial charge in [-0.15, -0.1) is 11.3 Å². The molecule has 110 valence electrons. The zero-order valence-corrected chi connectivity index (χ0v) is 14.2. The van der Waals surface area contributed by atoms with Gasteiger partial charge in [0.05, 0.1) is 5.39 Å². The fraction of sp³-hybridized carbons (Fsp3) is 0.571. The van der Waals surface area contributed by atoms with Gasteiger partial charge in [-0.3, -0.25) is 0 Å². The number of hydrogen-bond donors (Lipinski definition) is 0. The topological polar surface area (TPSA) is 32.3 Å². The van der Waals surface area contributed by atoms with Crippen molar-refractivity contribution in [2.75, 3.05) is 32.1 Å². The molecule has 0 N–H and O–H groups in total. The smallest absolute Gasteiger partial charge is 0.225 e. The summed E-state index contributed by atoms with van der Waals surface area (Å²) < 4.78 is 0. The molecule has 2 aromatic heterocycles. The average Bonchev–Trinajstić information content (AvgIpc) is 2.69. The molecule has 0 bridgehead atoms. The number of thiophene rings is 1. The molecule has 4 nitrogen and oxygen atoms in total. The number of hydrogen-bond acceptors (Lipinski definition) is 5. The van der Waals surface area contributed by atoms with Crippen LogP contribution in [0.15, 0.2) is 6.07 Å². The Labute approximate surface area is 129 Å². The fourth-order valence-electron chi connectivity index (χ4n) is 2.52. The van der Waals surface area contributed by atoms with E-state index >= 15 is 0 Å².